The summed E-state index contributed by atoms with van der Waals surface area (Å²) in [5.74, 6) is 1.99. The van der Waals surface area contributed by atoms with E-state index in [2.05, 4.69) is 18.7 Å². The van der Waals surface area contributed by atoms with Crippen molar-refractivity contribution in [3.8, 4) is 0 Å². The quantitative estimate of drug-likeness (QED) is 0.721. The number of likely N-dealkylation sites (tertiary alicyclic amines) is 1. The zero-order valence-corrected chi connectivity index (χ0v) is 11.8. The summed E-state index contributed by atoms with van der Waals surface area (Å²) >= 11 is 0. The van der Waals surface area contributed by atoms with Gasteiger partial charge in [0.1, 0.15) is 0 Å². The third kappa shape index (κ3) is 2.85. The van der Waals surface area contributed by atoms with E-state index in [0.717, 1.165) is 18.4 Å². The fraction of sp³-hybridized carbons (Fsp3) is 1.00. The van der Waals surface area contributed by atoms with Crippen molar-refractivity contribution in [2.24, 2.45) is 17.6 Å². The summed E-state index contributed by atoms with van der Waals surface area (Å²) in [6.07, 6.45) is 9.71. The molecule has 2 rings (SSSR count). The van der Waals surface area contributed by atoms with Gasteiger partial charge in [0.15, 0.2) is 0 Å². The number of rotatable bonds is 6. The molecule has 2 aliphatic rings. The Kier molecular flexibility index (Phi) is 4.48. The van der Waals surface area contributed by atoms with Crippen molar-refractivity contribution < 1.29 is 0 Å². The molecule has 2 fully saturated rings. The Bertz CT molecular complexity index is 229. The molecular weight excluding hydrogens is 208 g/mol. The van der Waals surface area contributed by atoms with Gasteiger partial charge in [-0.05, 0) is 38.0 Å². The first-order valence-corrected chi connectivity index (χ1v) is 7.64. The predicted molar refractivity (Wildman–Crippen MR) is 74.0 cm³/mol. The smallest absolute Gasteiger partial charge is 0.0303 e. The van der Waals surface area contributed by atoms with Crippen LogP contribution in [0.5, 0.6) is 0 Å². The number of unbranched alkanes of at least 4 members (excludes halogenated alkanes) is 2. The lowest BCUT2D eigenvalue weighted by molar-refractivity contribution is 0.118. The van der Waals surface area contributed by atoms with Crippen LogP contribution in [-0.2, 0) is 0 Å². The number of hydrogen-bond donors (Lipinski definition) is 1. The third-order valence-electron chi connectivity index (χ3n) is 5.25. The van der Waals surface area contributed by atoms with Crippen molar-refractivity contribution in [3.05, 3.63) is 0 Å². The number of fused-ring (bicyclic) bond motifs is 1. The maximum atomic E-state index is 6.08. The van der Waals surface area contributed by atoms with Gasteiger partial charge in [0.2, 0.25) is 0 Å². The van der Waals surface area contributed by atoms with Gasteiger partial charge in [-0.3, -0.25) is 4.90 Å². The summed E-state index contributed by atoms with van der Waals surface area (Å²) in [6.45, 7) is 8.15. The van der Waals surface area contributed by atoms with Gasteiger partial charge in [-0.2, -0.15) is 0 Å². The lowest BCUT2D eigenvalue weighted by atomic mass is 9.92. The molecule has 0 bridgehead atoms. The Morgan fingerprint density at radius 2 is 1.82 bits per heavy atom. The second-order valence-corrected chi connectivity index (χ2v) is 6.51. The first kappa shape index (κ1) is 13.4. The largest absolute Gasteiger partial charge is 0.329 e. The van der Waals surface area contributed by atoms with E-state index in [1.807, 2.05) is 0 Å². The van der Waals surface area contributed by atoms with Crippen molar-refractivity contribution >= 4 is 0 Å². The number of nitrogens with zero attached hydrogens (tertiary/aromatic N) is 1. The van der Waals surface area contributed by atoms with Gasteiger partial charge in [-0.1, -0.05) is 32.6 Å². The monoisotopic (exact) mass is 238 g/mol. The lowest BCUT2D eigenvalue weighted by Crippen LogP contribution is -2.50. The molecule has 0 aromatic heterocycles. The van der Waals surface area contributed by atoms with E-state index < -0.39 is 0 Å². The molecule has 2 N–H and O–H groups in total. The summed E-state index contributed by atoms with van der Waals surface area (Å²) < 4.78 is 0. The summed E-state index contributed by atoms with van der Waals surface area (Å²) in [5.41, 5.74) is 6.36. The predicted octanol–water partition coefficient (Wildman–Crippen LogP) is 3.02. The number of hydrogen-bond acceptors (Lipinski definition) is 2. The molecule has 17 heavy (non-hydrogen) atoms. The maximum absolute atomic E-state index is 6.08. The summed E-state index contributed by atoms with van der Waals surface area (Å²) in [7, 11) is 0. The van der Waals surface area contributed by atoms with E-state index in [9.17, 15) is 0 Å². The minimum atomic E-state index is 0.277. The molecule has 100 valence electrons. The fourth-order valence-electron chi connectivity index (χ4n) is 3.82. The highest BCUT2D eigenvalue weighted by atomic mass is 15.2. The Morgan fingerprint density at radius 3 is 2.35 bits per heavy atom. The minimum absolute atomic E-state index is 0.277. The minimum Gasteiger partial charge on any atom is -0.329 e. The summed E-state index contributed by atoms with van der Waals surface area (Å²) in [6, 6.07) is 0. The fourth-order valence-corrected chi connectivity index (χ4v) is 3.82. The van der Waals surface area contributed by atoms with Crippen LogP contribution >= 0.6 is 0 Å². The van der Waals surface area contributed by atoms with Crippen LogP contribution in [0, 0.1) is 11.8 Å². The van der Waals surface area contributed by atoms with Crippen LogP contribution in [0.15, 0.2) is 0 Å². The zero-order valence-electron chi connectivity index (χ0n) is 11.8. The Balaban J connectivity index is 1.89. The normalized spacial score (nSPS) is 32.6. The molecule has 0 radical (unpaired) electrons. The number of nitrogens with two attached hydrogens (primary N) is 1. The molecule has 3 unspecified atom stereocenters. The molecule has 0 amide bonds. The zero-order chi connectivity index (χ0) is 12.3. The van der Waals surface area contributed by atoms with E-state index in [-0.39, 0.29) is 5.54 Å². The highest BCUT2D eigenvalue weighted by Crippen LogP contribution is 2.41. The van der Waals surface area contributed by atoms with Crippen molar-refractivity contribution in [1.29, 1.82) is 0 Å². The summed E-state index contributed by atoms with van der Waals surface area (Å²) in [5, 5.41) is 0. The molecule has 1 saturated heterocycles. The van der Waals surface area contributed by atoms with Crippen LogP contribution in [0.2, 0.25) is 0 Å². The topological polar surface area (TPSA) is 29.3 Å². The van der Waals surface area contributed by atoms with Crippen LogP contribution in [0.25, 0.3) is 0 Å². The molecule has 3 atom stereocenters. The van der Waals surface area contributed by atoms with Crippen LogP contribution in [0.3, 0.4) is 0 Å². The van der Waals surface area contributed by atoms with Gasteiger partial charge in [0.05, 0.1) is 0 Å². The van der Waals surface area contributed by atoms with Gasteiger partial charge in [-0.25, -0.2) is 0 Å². The molecular formula is C15H30N2. The second kappa shape index (κ2) is 5.71. The van der Waals surface area contributed by atoms with E-state index in [1.54, 1.807) is 0 Å². The van der Waals surface area contributed by atoms with Crippen molar-refractivity contribution in [3.63, 3.8) is 0 Å². The molecule has 1 aliphatic heterocycles. The average molecular weight is 238 g/mol. The van der Waals surface area contributed by atoms with Crippen molar-refractivity contribution in [2.75, 3.05) is 19.6 Å². The SMILES string of the molecule is CCCCCC(C)(CN)N1CC2CCCC2C1. The first-order chi connectivity index (χ1) is 8.19. The first-order valence-electron chi connectivity index (χ1n) is 7.64. The van der Waals surface area contributed by atoms with E-state index in [4.69, 9.17) is 5.73 Å². The van der Waals surface area contributed by atoms with Gasteiger partial charge in [-0.15, -0.1) is 0 Å². The van der Waals surface area contributed by atoms with E-state index in [0.29, 0.717) is 0 Å². The van der Waals surface area contributed by atoms with Crippen LogP contribution in [0.1, 0.15) is 58.8 Å². The standard InChI is InChI=1S/C15H30N2/c1-3-4-5-9-15(2,12-16)17-10-13-7-6-8-14(13)11-17/h13-14H,3-12,16H2,1-2H3. The molecule has 1 saturated carbocycles. The van der Waals surface area contributed by atoms with Crippen LogP contribution < -0.4 is 5.73 Å². The molecule has 0 aromatic rings. The Morgan fingerprint density at radius 1 is 1.18 bits per heavy atom. The summed E-state index contributed by atoms with van der Waals surface area (Å²) in [4.78, 5) is 2.72. The van der Waals surface area contributed by atoms with E-state index >= 15 is 0 Å². The molecule has 0 spiro atoms. The highest BCUT2D eigenvalue weighted by Gasteiger charge is 2.42. The maximum Gasteiger partial charge on any atom is 0.0303 e. The molecule has 1 heterocycles. The lowest BCUT2D eigenvalue weighted by Gasteiger charge is -2.39. The van der Waals surface area contributed by atoms with Crippen molar-refractivity contribution in [1.82, 2.24) is 4.90 Å². The van der Waals surface area contributed by atoms with Gasteiger partial charge >= 0.3 is 0 Å². The third-order valence-corrected chi connectivity index (χ3v) is 5.25. The van der Waals surface area contributed by atoms with Gasteiger partial charge in [0.25, 0.3) is 0 Å². The van der Waals surface area contributed by atoms with Gasteiger partial charge < -0.3 is 5.73 Å². The Labute approximate surface area is 107 Å². The van der Waals surface area contributed by atoms with Crippen LogP contribution in [0.4, 0.5) is 0 Å². The van der Waals surface area contributed by atoms with Gasteiger partial charge in [0, 0.05) is 25.2 Å². The highest BCUT2D eigenvalue weighted by molar-refractivity contribution is 4.97. The van der Waals surface area contributed by atoms with E-state index in [1.165, 1.54) is 58.0 Å². The Hall–Kier alpha value is -0.0800. The molecule has 1 aliphatic carbocycles. The van der Waals surface area contributed by atoms with Crippen molar-refractivity contribution in [2.45, 2.75) is 64.3 Å². The second-order valence-electron chi connectivity index (χ2n) is 6.51. The molecule has 2 heteroatoms. The molecule has 2 nitrogen and oxygen atoms in total. The molecule has 0 aromatic carbocycles. The van der Waals surface area contributed by atoms with Crippen LogP contribution in [-0.4, -0.2) is 30.1 Å². The average Bonchev–Trinajstić information content (AvgIpc) is 2.89.